The minimum Gasteiger partial charge on any atom is -0.300 e. The van der Waals surface area contributed by atoms with Gasteiger partial charge in [-0.3, -0.25) is 4.79 Å². The monoisotopic (exact) mass is 266 g/mol. The highest BCUT2D eigenvalue weighted by molar-refractivity contribution is 9.10. The third-order valence-electron chi connectivity index (χ3n) is 3.02. The van der Waals surface area contributed by atoms with E-state index in [0.29, 0.717) is 11.7 Å². The van der Waals surface area contributed by atoms with E-state index in [-0.39, 0.29) is 0 Å². The lowest BCUT2D eigenvalue weighted by Gasteiger charge is -2.23. The maximum Gasteiger partial charge on any atom is 0.133 e. The molecular formula is C13H15BrO. The van der Waals surface area contributed by atoms with E-state index in [2.05, 4.69) is 40.2 Å². The van der Waals surface area contributed by atoms with Gasteiger partial charge in [0, 0.05) is 17.3 Å². The molecule has 80 valence electrons. The van der Waals surface area contributed by atoms with Crippen LogP contribution in [-0.4, -0.2) is 5.78 Å². The highest BCUT2D eigenvalue weighted by atomic mass is 79.9. The second kappa shape index (κ2) is 4.93. The quantitative estimate of drug-likeness (QED) is 0.812. The number of hydrogen-bond donors (Lipinski definition) is 0. The number of carbonyl (C=O) groups excluding carboxylic acids is 1. The van der Waals surface area contributed by atoms with E-state index < -0.39 is 0 Å². The molecule has 2 heteroatoms. The zero-order valence-electron chi connectivity index (χ0n) is 8.71. The lowest BCUT2D eigenvalue weighted by molar-refractivity contribution is -0.127. The lowest BCUT2D eigenvalue weighted by atomic mass is 9.80. The van der Waals surface area contributed by atoms with E-state index in [0.717, 1.165) is 23.7 Å². The number of benzene rings is 1. The Bertz CT molecular complexity index is 334. The Morgan fingerprint density at radius 2 is 1.87 bits per heavy atom. The van der Waals surface area contributed by atoms with E-state index in [9.17, 15) is 4.79 Å². The van der Waals surface area contributed by atoms with Crippen molar-refractivity contribution in [3.8, 4) is 0 Å². The molecule has 0 aromatic heterocycles. The highest BCUT2D eigenvalue weighted by Gasteiger charge is 2.25. The number of Topliss-reactive ketones (excluding diaryl/α,β-unsaturated/α-hetero) is 1. The van der Waals surface area contributed by atoms with Gasteiger partial charge in [-0.05, 0) is 42.9 Å². The van der Waals surface area contributed by atoms with Gasteiger partial charge in [0.25, 0.3) is 0 Å². The van der Waals surface area contributed by atoms with Crippen molar-refractivity contribution in [3.63, 3.8) is 0 Å². The van der Waals surface area contributed by atoms with Crippen LogP contribution in [0.4, 0.5) is 0 Å². The highest BCUT2D eigenvalue weighted by Crippen LogP contribution is 2.27. The minimum atomic E-state index is 0.448. The van der Waals surface area contributed by atoms with Gasteiger partial charge < -0.3 is 0 Å². The molecule has 0 atom stereocenters. The Kier molecular flexibility index (Phi) is 3.57. The van der Waals surface area contributed by atoms with Crippen LogP contribution in [0.25, 0.3) is 0 Å². The van der Waals surface area contributed by atoms with Crippen LogP contribution in [0.5, 0.6) is 0 Å². The Labute approximate surface area is 99.0 Å². The largest absolute Gasteiger partial charge is 0.300 e. The molecule has 1 aromatic carbocycles. The average Bonchev–Trinajstić information content (AvgIpc) is 2.18. The molecule has 0 amide bonds. The smallest absolute Gasteiger partial charge is 0.133 e. The van der Waals surface area contributed by atoms with Crippen molar-refractivity contribution >= 4 is 21.7 Å². The molecule has 0 radical (unpaired) electrons. The molecule has 0 saturated heterocycles. The SMILES string of the molecule is O=C1CC(CCCc2ccc(Br)cc2)C1. The van der Waals surface area contributed by atoms with Gasteiger partial charge in [0.1, 0.15) is 5.78 Å². The summed E-state index contributed by atoms with van der Waals surface area (Å²) in [4.78, 5) is 10.8. The van der Waals surface area contributed by atoms with E-state index >= 15 is 0 Å². The topological polar surface area (TPSA) is 17.1 Å². The summed E-state index contributed by atoms with van der Waals surface area (Å²) < 4.78 is 1.14. The maximum absolute atomic E-state index is 10.8. The molecule has 0 unspecified atom stereocenters. The molecule has 0 bridgehead atoms. The molecule has 15 heavy (non-hydrogen) atoms. The van der Waals surface area contributed by atoms with Crippen molar-refractivity contribution in [2.24, 2.45) is 5.92 Å². The number of ketones is 1. The second-order valence-electron chi connectivity index (χ2n) is 4.33. The van der Waals surface area contributed by atoms with Crippen LogP contribution in [0.15, 0.2) is 28.7 Å². The molecule has 0 N–H and O–H groups in total. The molecule has 1 aliphatic rings. The molecule has 1 nitrogen and oxygen atoms in total. The Morgan fingerprint density at radius 1 is 1.20 bits per heavy atom. The van der Waals surface area contributed by atoms with Gasteiger partial charge >= 0.3 is 0 Å². The van der Waals surface area contributed by atoms with Crippen LogP contribution in [0.3, 0.4) is 0 Å². The fourth-order valence-corrected chi connectivity index (χ4v) is 2.30. The summed E-state index contributed by atoms with van der Waals surface area (Å²) in [5, 5.41) is 0. The average molecular weight is 267 g/mol. The molecule has 0 spiro atoms. The van der Waals surface area contributed by atoms with Gasteiger partial charge in [-0.1, -0.05) is 28.1 Å². The third kappa shape index (κ3) is 3.16. The molecule has 1 aliphatic carbocycles. The van der Waals surface area contributed by atoms with Gasteiger partial charge in [-0.15, -0.1) is 0 Å². The van der Waals surface area contributed by atoms with Crippen molar-refractivity contribution in [2.45, 2.75) is 32.1 Å². The standard InChI is InChI=1S/C13H15BrO/c14-12-6-4-10(5-7-12)2-1-3-11-8-13(15)9-11/h4-7,11H,1-3,8-9H2. The van der Waals surface area contributed by atoms with Gasteiger partial charge in [-0.2, -0.15) is 0 Å². The zero-order valence-corrected chi connectivity index (χ0v) is 10.3. The lowest BCUT2D eigenvalue weighted by Crippen LogP contribution is -2.22. The Hall–Kier alpha value is -0.630. The molecule has 1 fully saturated rings. The molecule has 0 heterocycles. The molecular weight excluding hydrogens is 252 g/mol. The van der Waals surface area contributed by atoms with E-state index in [1.165, 1.54) is 18.4 Å². The van der Waals surface area contributed by atoms with E-state index in [1.807, 2.05) is 0 Å². The van der Waals surface area contributed by atoms with Crippen molar-refractivity contribution < 1.29 is 4.79 Å². The molecule has 1 aromatic rings. The number of carbonyl (C=O) groups is 1. The first kappa shape index (κ1) is 10.9. The fraction of sp³-hybridized carbons (Fsp3) is 0.462. The van der Waals surface area contributed by atoms with Gasteiger partial charge in [0.15, 0.2) is 0 Å². The number of aryl methyl sites for hydroxylation is 1. The summed E-state index contributed by atoms with van der Waals surface area (Å²) in [6.45, 7) is 0. The van der Waals surface area contributed by atoms with Gasteiger partial charge in [0.2, 0.25) is 0 Å². The van der Waals surface area contributed by atoms with Crippen molar-refractivity contribution in [1.29, 1.82) is 0 Å². The minimum absolute atomic E-state index is 0.448. The van der Waals surface area contributed by atoms with Crippen LogP contribution in [-0.2, 0) is 11.2 Å². The van der Waals surface area contributed by atoms with Crippen molar-refractivity contribution in [3.05, 3.63) is 34.3 Å². The summed E-state index contributed by atoms with van der Waals surface area (Å²) in [6.07, 6.45) is 5.22. The van der Waals surface area contributed by atoms with Gasteiger partial charge in [-0.25, -0.2) is 0 Å². The summed E-state index contributed by atoms with van der Waals surface area (Å²) in [6, 6.07) is 8.50. The second-order valence-corrected chi connectivity index (χ2v) is 5.25. The number of hydrogen-bond acceptors (Lipinski definition) is 1. The molecule has 1 saturated carbocycles. The number of rotatable bonds is 4. The first-order chi connectivity index (χ1) is 7.24. The van der Waals surface area contributed by atoms with E-state index in [1.54, 1.807) is 0 Å². The molecule has 2 rings (SSSR count). The first-order valence-electron chi connectivity index (χ1n) is 5.50. The van der Waals surface area contributed by atoms with Crippen molar-refractivity contribution in [1.82, 2.24) is 0 Å². The van der Waals surface area contributed by atoms with Crippen LogP contribution in [0, 0.1) is 5.92 Å². The van der Waals surface area contributed by atoms with Gasteiger partial charge in [0.05, 0.1) is 0 Å². The predicted molar refractivity (Wildman–Crippen MR) is 64.8 cm³/mol. The summed E-state index contributed by atoms with van der Waals surface area (Å²) in [5.41, 5.74) is 1.39. The summed E-state index contributed by atoms with van der Waals surface area (Å²) in [7, 11) is 0. The third-order valence-corrected chi connectivity index (χ3v) is 3.55. The number of halogens is 1. The van der Waals surface area contributed by atoms with Crippen LogP contribution >= 0.6 is 15.9 Å². The fourth-order valence-electron chi connectivity index (χ4n) is 2.03. The van der Waals surface area contributed by atoms with Crippen LogP contribution in [0.2, 0.25) is 0 Å². The summed E-state index contributed by atoms with van der Waals surface area (Å²) >= 11 is 3.43. The van der Waals surface area contributed by atoms with E-state index in [4.69, 9.17) is 0 Å². The zero-order chi connectivity index (χ0) is 10.7. The molecule has 0 aliphatic heterocycles. The summed E-state index contributed by atoms with van der Waals surface area (Å²) in [5.74, 6) is 1.14. The van der Waals surface area contributed by atoms with Crippen molar-refractivity contribution in [2.75, 3.05) is 0 Å². The van der Waals surface area contributed by atoms with Crippen LogP contribution < -0.4 is 0 Å². The normalized spacial score (nSPS) is 16.5. The van der Waals surface area contributed by atoms with Crippen LogP contribution in [0.1, 0.15) is 31.2 Å². The Balaban J connectivity index is 1.69. The first-order valence-corrected chi connectivity index (χ1v) is 6.29. The maximum atomic E-state index is 10.8. The predicted octanol–water partition coefficient (Wildman–Crippen LogP) is 3.75. The Morgan fingerprint density at radius 3 is 2.47 bits per heavy atom.